The lowest BCUT2D eigenvalue weighted by atomic mass is 9.84. The smallest absolute Gasteiger partial charge is 0.253 e. The third-order valence-electron chi connectivity index (χ3n) is 5.12. The van der Waals surface area contributed by atoms with E-state index in [2.05, 4.69) is 12.8 Å². The minimum atomic E-state index is -0.509. The van der Waals surface area contributed by atoms with Crippen LogP contribution in [-0.2, 0) is 4.79 Å². The largest absolute Gasteiger partial charge is 0.335 e. The standard InChI is InChI=1S/C17H18N4O2S.C2H2/c1-19-15(23)13-9-20(14(22)12-5-3-2-4-6-12)10-17(13)11-24-8-7-21(17)16(19)18;1-2/h2-8,13,18H,9-11H2,1H3;1-2H. The molecule has 4 rings (SSSR count). The molecule has 6 nitrogen and oxygen atoms in total. The number of amides is 2. The topological polar surface area (TPSA) is 67.7 Å². The Kier molecular flexibility index (Phi) is 4.79. The monoisotopic (exact) mass is 368 g/mol. The quantitative estimate of drug-likeness (QED) is 0.766. The molecule has 1 N–H and O–H groups in total. The van der Waals surface area contributed by atoms with E-state index in [1.165, 1.54) is 4.90 Å². The third kappa shape index (κ3) is 2.58. The Hall–Kier alpha value is -2.72. The van der Waals surface area contributed by atoms with Gasteiger partial charge in [0, 0.05) is 37.7 Å². The number of benzene rings is 1. The summed E-state index contributed by atoms with van der Waals surface area (Å²) < 4.78 is 0. The summed E-state index contributed by atoms with van der Waals surface area (Å²) in [5.41, 5.74) is 0.124. The number of nitrogens with one attached hydrogen (secondary N) is 1. The highest BCUT2D eigenvalue weighted by Crippen LogP contribution is 2.43. The van der Waals surface area contributed by atoms with E-state index in [1.54, 1.807) is 35.8 Å². The Labute approximate surface area is 157 Å². The second-order valence-corrected chi connectivity index (χ2v) is 7.29. The molecule has 2 amide bonds. The highest BCUT2D eigenvalue weighted by molar-refractivity contribution is 8.02. The molecule has 1 aromatic carbocycles. The summed E-state index contributed by atoms with van der Waals surface area (Å²) in [5, 5.41) is 10.2. The van der Waals surface area contributed by atoms with Crippen LogP contribution in [0.1, 0.15) is 10.4 Å². The van der Waals surface area contributed by atoms with E-state index in [-0.39, 0.29) is 23.7 Å². The second-order valence-electron chi connectivity index (χ2n) is 6.39. The van der Waals surface area contributed by atoms with Gasteiger partial charge in [-0.2, -0.15) is 0 Å². The summed E-state index contributed by atoms with van der Waals surface area (Å²) in [6.07, 6.45) is 9.86. The van der Waals surface area contributed by atoms with Crippen molar-refractivity contribution in [1.29, 1.82) is 5.41 Å². The van der Waals surface area contributed by atoms with E-state index >= 15 is 0 Å². The van der Waals surface area contributed by atoms with Gasteiger partial charge in [-0.25, -0.2) is 0 Å². The number of guanidine groups is 1. The average molecular weight is 368 g/mol. The number of likely N-dealkylation sites (tertiary alicyclic amines) is 1. The fraction of sp³-hybridized carbons (Fsp3) is 0.316. The van der Waals surface area contributed by atoms with Crippen LogP contribution in [0.5, 0.6) is 0 Å². The number of thioether (sulfide) groups is 1. The molecule has 0 bridgehead atoms. The van der Waals surface area contributed by atoms with Crippen LogP contribution >= 0.6 is 11.8 Å². The van der Waals surface area contributed by atoms with Crippen LogP contribution < -0.4 is 0 Å². The molecule has 2 atom stereocenters. The van der Waals surface area contributed by atoms with Gasteiger partial charge in [0.15, 0.2) is 0 Å². The fourth-order valence-corrected chi connectivity index (χ4v) is 4.83. The first-order chi connectivity index (χ1) is 12.5. The van der Waals surface area contributed by atoms with Gasteiger partial charge < -0.3 is 9.80 Å². The molecule has 3 heterocycles. The molecule has 2 saturated heterocycles. The molecule has 2 unspecified atom stereocenters. The molecule has 0 saturated carbocycles. The molecule has 1 spiro atoms. The summed E-state index contributed by atoms with van der Waals surface area (Å²) in [6.45, 7) is 0.861. The highest BCUT2D eigenvalue weighted by atomic mass is 32.2. The van der Waals surface area contributed by atoms with Crippen molar-refractivity contribution in [2.45, 2.75) is 5.54 Å². The van der Waals surface area contributed by atoms with Gasteiger partial charge in [-0.1, -0.05) is 18.2 Å². The molecule has 2 fully saturated rings. The molecule has 134 valence electrons. The van der Waals surface area contributed by atoms with Crippen LogP contribution in [0.25, 0.3) is 0 Å². The summed E-state index contributed by atoms with van der Waals surface area (Å²) in [7, 11) is 1.63. The number of hydrogen-bond donors (Lipinski definition) is 1. The van der Waals surface area contributed by atoms with E-state index in [9.17, 15) is 9.59 Å². The minimum Gasteiger partial charge on any atom is -0.335 e. The van der Waals surface area contributed by atoms with Crippen LogP contribution in [0, 0.1) is 24.2 Å². The third-order valence-corrected chi connectivity index (χ3v) is 6.10. The van der Waals surface area contributed by atoms with Crippen molar-refractivity contribution in [3.8, 4) is 12.8 Å². The minimum absolute atomic E-state index is 0.0548. The van der Waals surface area contributed by atoms with E-state index in [1.807, 2.05) is 34.7 Å². The molecular formula is C19H20N4O2S. The van der Waals surface area contributed by atoms with Crippen molar-refractivity contribution in [1.82, 2.24) is 14.7 Å². The molecule has 1 aromatic rings. The summed E-state index contributed by atoms with van der Waals surface area (Å²) in [4.78, 5) is 30.6. The first kappa shape index (κ1) is 18.1. The summed E-state index contributed by atoms with van der Waals surface area (Å²) >= 11 is 1.64. The number of nitrogens with zero attached hydrogens (tertiary/aromatic N) is 3. The molecule has 0 aliphatic carbocycles. The van der Waals surface area contributed by atoms with Gasteiger partial charge in [-0.15, -0.1) is 24.6 Å². The summed E-state index contributed by atoms with van der Waals surface area (Å²) in [5.74, 6) is 0.453. The van der Waals surface area contributed by atoms with Crippen LogP contribution in [0.2, 0.25) is 0 Å². The number of terminal acetylenes is 1. The van der Waals surface area contributed by atoms with Crippen LogP contribution in [0.15, 0.2) is 41.9 Å². The zero-order valence-electron chi connectivity index (χ0n) is 14.5. The van der Waals surface area contributed by atoms with Gasteiger partial charge >= 0.3 is 0 Å². The molecule has 3 aliphatic rings. The van der Waals surface area contributed by atoms with Crippen molar-refractivity contribution in [3.63, 3.8) is 0 Å². The first-order valence-corrected chi connectivity index (χ1v) is 9.21. The Morgan fingerprint density at radius 1 is 1.31 bits per heavy atom. The Morgan fingerprint density at radius 2 is 2.00 bits per heavy atom. The van der Waals surface area contributed by atoms with Crippen molar-refractivity contribution in [3.05, 3.63) is 47.5 Å². The molecule has 26 heavy (non-hydrogen) atoms. The lowest BCUT2D eigenvalue weighted by Gasteiger charge is -2.50. The lowest BCUT2D eigenvalue weighted by molar-refractivity contribution is -0.136. The average Bonchev–Trinajstić information content (AvgIpc) is 3.07. The SMILES string of the molecule is C#C.CN1C(=N)N2C=CSCC23CN(C(=O)c2ccccc2)CC3C1=O. The maximum atomic E-state index is 12.8. The zero-order valence-corrected chi connectivity index (χ0v) is 15.3. The van der Waals surface area contributed by atoms with E-state index in [0.29, 0.717) is 24.4 Å². The maximum Gasteiger partial charge on any atom is 0.253 e. The van der Waals surface area contributed by atoms with Gasteiger partial charge in [0.2, 0.25) is 11.9 Å². The van der Waals surface area contributed by atoms with E-state index < -0.39 is 5.54 Å². The van der Waals surface area contributed by atoms with Gasteiger partial charge in [-0.3, -0.25) is 19.9 Å². The lowest BCUT2D eigenvalue weighted by Crippen LogP contribution is -2.68. The van der Waals surface area contributed by atoms with Crippen LogP contribution in [-0.4, -0.2) is 63.9 Å². The Bertz CT molecular complexity index is 791. The van der Waals surface area contributed by atoms with Gasteiger partial charge in [0.05, 0.1) is 11.5 Å². The fourth-order valence-electron chi connectivity index (χ4n) is 3.81. The van der Waals surface area contributed by atoms with Gasteiger partial charge in [0.25, 0.3) is 5.91 Å². The van der Waals surface area contributed by atoms with Gasteiger partial charge in [0.1, 0.15) is 0 Å². The molecule has 0 aromatic heterocycles. The number of carbonyl (C=O) groups excluding carboxylic acids is 2. The zero-order chi connectivity index (χ0) is 18.9. The maximum absolute atomic E-state index is 12.8. The number of rotatable bonds is 1. The predicted molar refractivity (Wildman–Crippen MR) is 102 cm³/mol. The highest BCUT2D eigenvalue weighted by Gasteiger charge is 2.60. The molecule has 3 aliphatic heterocycles. The van der Waals surface area contributed by atoms with Crippen molar-refractivity contribution >= 4 is 29.5 Å². The van der Waals surface area contributed by atoms with Crippen LogP contribution in [0.3, 0.4) is 0 Å². The Balaban J connectivity index is 0.000000948. The van der Waals surface area contributed by atoms with Crippen molar-refractivity contribution in [2.75, 3.05) is 25.9 Å². The second kappa shape index (κ2) is 6.89. The molecule has 0 radical (unpaired) electrons. The normalized spacial score (nSPS) is 26.7. The molecular weight excluding hydrogens is 348 g/mol. The number of carbonyl (C=O) groups is 2. The van der Waals surface area contributed by atoms with Crippen LogP contribution in [0.4, 0.5) is 0 Å². The summed E-state index contributed by atoms with van der Waals surface area (Å²) in [6, 6.07) is 9.16. The Morgan fingerprint density at radius 3 is 2.69 bits per heavy atom. The first-order valence-electron chi connectivity index (χ1n) is 8.16. The van der Waals surface area contributed by atoms with Crippen molar-refractivity contribution < 1.29 is 9.59 Å². The predicted octanol–water partition coefficient (Wildman–Crippen LogP) is 1.67. The van der Waals surface area contributed by atoms with E-state index in [4.69, 9.17) is 5.41 Å². The van der Waals surface area contributed by atoms with E-state index in [0.717, 1.165) is 0 Å². The van der Waals surface area contributed by atoms with Crippen molar-refractivity contribution in [2.24, 2.45) is 5.92 Å². The number of hydrogen-bond acceptors (Lipinski definition) is 4. The molecule has 7 heteroatoms. The van der Waals surface area contributed by atoms with Gasteiger partial charge in [-0.05, 0) is 17.5 Å².